The molecule has 1 aromatic carbocycles. The third-order valence-corrected chi connectivity index (χ3v) is 3.14. The number of para-hydroxylation sites is 1. The molecule has 0 atom stereocenters. The molecule has 0 unspecified atom stereocenters. The second-order valence-electron chi connectivity index (χ2n) is 5.05. The van der Waals surface area contributed by atoms with Gasteiger partial charge in [0.05, 0.1) is 17.6 Å². The number of hydrogen-bond donors (Lipinski definition) is 1. The number of rotatable bonds is 8. The molecular weight excluding hydrogens is 268 g/mol. The van der Waals surface area contributed by atoms with Crippen LogP contribution in [-0.4, -0.2) is 44.6 Å². The van der Waals surface area contributed by atoms with Gasteiger partial charge in [0.2, 0.25) is 0 Å². The van der Waals surface area contributed by atoms with Crippen LogP contribution in [0.15, 0.2) is 36.5 Å². The van der Waals surface area contributed by atoms with E-state index < -0.39 is 5.97 Å². The minimum Gasteiger partial charge on any atom is -0.481 e. The Morgan fingerprint density at radius 3 is 2.76 bits per heavy atom. The van der Waals surface area contributed by atoms with Crippen molar-refractivity contribution in [1.82, 2.24) is 19.9 Å². The third kappa shape index (κ3) is 5.00. The monoisotopic (exact) mass is 288 g/mol. The third-order valence-electron chi connectivity index (χ3n) is 3.14. The molecule has 0 bridgehead atoms. The van der Waals surface area contributed by atoms with Gasteiger partial charge in [0.25, 0.3) is 0 Å². The van der Waals surface area contributed by atoms with Crippen LogP contribution >= 0.6 is 0 Å². The highest BCUT2D eigenvalue weighted by molar-refractivity contribution is 5.66. The number of benzene rings is 1. The Bertz CT molecular complexity index is 568. The van der Waals surface area contributed by atoms with Crippen molar-refractivity contribution in [3.8, 4) is 5.69 Å². The number of carboxylic acids is 1. The number of aliphatic carboxylic acids is 1. The molecule has 112 valence electrons. The van der Waals surface area contributed by atoms with E-state index in [9.17, 15) is 4.79 Å². The smallest absolute Gasteiger partial charge is 0.303 e. The Kier molecular flexibility index (Phi) is 5.45. The number of hydrogen-bond acceptors (Lipinski definition) is 4. The molecule has 1 aromatic heterocycles. The number of aromatic nitrogens is 3. The van der Waals surface area contributed by atoms with Crippen LogP contribution in [0.1, 0.15) is 25.0 Å². The molecule has 2 aromatic rings. The van der Waals surface area contributed by atoms with Crippen molar-refractivity contribution in [1.29, 1.82) is 0 Å². The maximum atomic E-state index is 10.4. The molecule has 1 N–H and O–H groups in total. The Hall–Kier alpha value is -2.21. The van der Waals surface area contributed by atoms with Gasteiger partial charge >= 0.3 is 5.97 Å². The molecule has 0 saturated carbocycles. The number of carbonyl (C=O) groups is 1. The van der Waals surface area contributed by atoms with E-state index in [0.29, 0.717) is 13.0 Å². The van der Waals surface area contributed by atoms with Crippen LogP contribution in [0, 0.1) is 0 Å². The molecule has 2 rings (SSSR count). The van der Waals surface area contributed by atoms with Gasteiger partial charge in [-0.2, -0.15) is 15.0 Å². The van der Waals surface area contributed by atoms with Gasteiger partial charge in [-0.1, -0.05) is 18.2 Å². The second kappa shape index (κ2) is 7.54. The van der Waals surface area contributed by atoms with Crippen molar-refractivity contribution in [2.45, 2.75) is 25.8 Å². The van der Waals surface area contributed by atoms with E-state index in [-0.39, 0.29) is 6.42 Å². The van der Waals surface area contributed by atoms with Gasteiger partial charge in [-0.25, -0.2) is 0 Å². The largest absolute Gasteiger partial charge is 0.481 e. The van der Waals surface area contributed by atoms with Crippen LogP contribution in [0.2, 0.25) is 0 Å². The zero-order valence-corrected chi connectivity index (χ0v) is 12.1. The van der Waals surface area contributed by atoms with Crippen molar-refractivity contribution in [2.24, 2.45) is 0 Å². The molecule has 6 nitrogen and oxygen atoms in total. The Morgan fingerprint density at radius 1 is 1.29 bits per heavy atom. The molecule has 0 spiro atoms. The molecule has 0 aliphatic carbocycles. The molecule has 0 saturated heterocycles. The van der Waals surface area contributed by atoms with Crippen molar-refractivity contribution >= 4 is 5.97 Å². The SMILES string of the molecule is CN(CCCCC(=O)O)Cc1cnn(-c2ccccc2)n1. The minimum atomic E-state index is -0.733. The topological polar surface area (TPSA) is 71.2 Å². The highest BCUT2D eigenvalue weighted by Crippen LogP contribution is 2.06. The molecule has 6 heteroatoms. The number of carboxylic acid groups (broad SMARTS) is 1. The molecule has 0 aliphatic heterocycles. The van der Waals surface area contributed by atoms with Crippen LogP contribution in [0.4, 0.5) is 0 Å². The lowest BCUT2D eigenvalue weighted by Crippen LogP contribution is -2.19. The van der Waals surface area contributed by atoms with Crippen molar-refractivity contribution < 1.29 is 9.90 Å². The molecular formula is C15H20N4O2. The summed E-state index contributed by atoms with van der Waals surface area (Å²) in [6.07, 6.45) is 3.57. The van der Waals surface area contributed by atoms with Crippen LogP contribution in [-0.2, 0) is 11.3 Å². The maximum Gasteiger partial charge on any atom is 0.303 e. The minimum absolute atomic E-state index is 0.234. The van der Waals surface area contributed by atoms with Crippen molar-refractivity contribution in [2.75, 3.05) is 13.6 Å². The van der Waals surface area contributed by atoms with Gasteiger partial charge in [-0.3, -0.25) is 4.79 Å². The fraction of sp³-hybridized carbons (Fsp3) is 0.400. The van der Waals surface area contributed by atoms with E-state index in [4.69, 9.17) is 5.11 Å². The van der Waals surface area contributed by atoms with E-state index in [0.717, 1.165) is 24.3 Å². The normalized spacial score (nSPS) is 11.0. The lowest BCUT2D eigenvalue weighted by atomic mass is 10.2. The molecule has 0 fully saturated rings. The van der Waals surface area contributed by atoms with Gasteiger partial charge in [-0.05, 0) is 38.6 Å². The predicted molar refractivity (Wildman–Crippen MR) is 79.2 cm³/mol. The molecule has 0 radical (unpaired) electrons. The Labute approximate surface area is 124 Å². The van der Waals surface area contributed by atoms with Crippen LogP contribution in [0.3, 0.4) is 0 Å². The number of unbranched alkanes of at least 4 members (excludes halogenated alkanes) is 1. The summed E-state index contributed by atoms with van der Waals surface area (Å²) < 4.78 is 0. The van der Waals surface area contributed by atoms with Crippen molar-refractivity contribution in [3.05, 3.63) is 42.2 Å². The zero-order valence-electron chi connectivity index (χ0n) is 12.1. The summed E-state index contributed by atoms with van der Waals surface area (Å²) >= 11 is 0. The summed E-state index contributed by atoms with van der Waals surface area (Å²) in [5.41, 5.74) is 1.84. The molecule has 21 heavy (non-hydrogen) atoms. The van der Waals surface area contributed by atoms with Crippen LogP contribution in [0.5, 0.6) is 0 Å². The molecule has 0 aliphatic rings. The zero-order chi connectivity index (χ0) is 15.1. The van der Waals surface area contributed by atoms with E-state index in [2.05, 4.69) is 15.1 Å². The quantitative estimate of drug-likeness (QED) is 0.752. The maximum absolute atomic E-state index is 10.4. The first-order valence-corrected chi connectivity index (χ1v) is 7.02. The lowest BCUT2D eigenvalue weighted by Gasteiger charge is -2.14. The van der Waals surface area contributed by atoms with E-state index in [1.165, 1.54) is 0 Å². The first-order valence-electron chi connectivity index (χ1n) is 7.02. The predicted octanol–water partition coefficient (Wildman–Crippen LogP) is 1.95. The van der Waals surface area contributed by atoms with E-state index in [1.807, 2.05) is 37.4 Å². The second-order valence-corrected chi connectivity index (χ2v) is 5.05. The van der Waals surface area contributed by atoms with Gasteiger partial charge in [0.1, 0.15) is 0 Å². The fourth-order valence-corrected chi connectivity index (χ4v) is 2.07. The molecule has 0 amide bonds. The lowest BCUT2D eigenvalue weighted by molar-refractivity contribution is -0.137. The van der Waals surface area contributed by atoms with Crippen LogP contribution < -0.4 is 0 Å². The summed E-state index contributed by atoms with van der Waals surface area (Å²) in [7, 11) is 2.00. The van der Waals surface area contributed by atoms with Gasteiger partial charge < -0.3 is 10.0 Å². The summed E-state index contributed by atoms with van der Waals surface area (Å²) in [4.78, 5) is 14.2. The molecule has 1 heterocycles. The standard InChI is InChI=1S/C15H20N4O2/c1-18(10-6-5-9-15(20)21)12-13-11-16-19(17-13)14-7-3-2-4-8-14/h2-4,7-8,11H,5-6,9-10,12H2,1H3,(H,20,21). The summed E-state index contributed by atoms with van der Waals surface area (Å²) in [6.45, 7) is 1.56. The first-order chi connectivity index (χ1) is 10.1. The van der Waals surface area contributed by atoms with E-state index in [1.54, 1.807) is 11.0 Å². The fourth-order valence-electron chi connectivity index (χ4n) is 2.07. The average Bonchev–Trinajstić information content (AvgIpc) is 2.93. The number of nitrogens with zero attached hydrogens (tertiary/aromatic N) is 4. The van der Waals surface area contributed by atoms with Crippen LogP contribution in [0.25, 0.3) is 5.69 Å². The summed E-state index contributed by atoms with van der Waals surface area (Å²) in [5, 5.41) is 17.3. The van der Waals surface area contributed by atoms with Crippen molar-refractivity contribution in [3.63, 3.8) is 0 Å². The van der Waals surface area contributed by atoms with Gasteiger partial charge in [0.15, 0.2) is 0 Å². The van der Waals surface area contributed by atoms with Gasteiger partial charge in [0, 0.05) is 13.0 Å². The highest BCUT2D eigenvalue weighted by Gasteiger charge is 2.06. The Balaban J connectivity index is 1.81. The first kappa shape index (κ1) is 15.2. The van der Waals surface area contributed by atoms with Gasteiger partial charge in [-0.15, -0.1) is 0 Å². The highest BCUT2D eigenvalue weighted by atomic mass is 16.4. The Morgan fingerprint density at radius 2 is 2.05 bits per heavy atom. The summed E-state index contributed by atoms with van der Waals surface area (Å²) in [6, 6.07) is 9.78. The van der Waals surface area contributed by atoms with E-state index >= 15 is 0 Å². The summed E-state index contributed by atoms with van der Waals surface area (Å²) in [5.74, 6) is -0.733. The average molecular weight is 288 g/mol.